The first-order valence-electron chi connectivity index (χ1n) is 13.2. The fraction of sp³-hybridized carbons (Fsp3) is 0.483. The molecule has 0 aliphatic carbocycles. The molecule has 37 heavy (non-hydrogen) atoms. The maximum atomic E-state index is 13.1. The van der Waals surface area contributed by atoms with Gasteiger partial charge in [0.25, 0.3) is 5.91 Å². The van der Waals surface area contributed by atoms with Crippen molar-refractivity contribution in [1.29, 1.82) is 0 Å². The lowest BCUT2D eigenvalue weighted by molar-refractivity contribution is -0.133. The van der Waals surface area contributed by atoms with E-state index in [9.17, 15) is 9.59 Å². The second-order valence-electron chi connectivity index (χ2n) is 9.80. The van der Waals surface area contributed by atoms with Gasteiger partial charge in [-0.05, 0) is 61.9 Å². The predicted molar refractivity (Wildman–Crippen MR) is 144 cm³/mol. The second-order valence-corrected chi connectivity index (χ2v) is 9.80. The lowest BCUT2D eigenvalue weighted by atomic mass is 9.99. The Kier molecular flexibility index (Phi) is 9.04. The van der Waals surface area contributed by atoms with Crippen molar-refractivity contribution in [2.75, 3.05) is 33.9 Å². The highest BCUT2D eigenvalue weighted by atomic mass is 16.5. The smallest absolute Gasteiger partial charge is 0.251 e. The van der Waals surface area contributed by atoms with E-state index in [4.69, 9.17) is 14.5 Å². The zero-order valence-corrected chi connectivity index (χ0v) is 22.2. The Hall–Kier alpha value is -3.55. The van der Waals surface area contributed by atoms with Crippen LogP contribution >= 0.6 is 0 Å². The third-order valence-electron chi connectivity index (χ3n) is 7.17. The third-order valence-corrected chi connectivity index (χ3v) is 7.17. The van der Waals surface area contributed by atoms with Crippen LogP contribution < -0.4 is 14.8 Å². The Balaban J connectivity index is 1.28. The summed E-state index contributed by atoms with van der Waals surface area (Å²) >= 11 is 0. The summed E-state index contributed by atoms with van der Waals surface area (Å²) in [5.41, 5.74) is 2.48. The minimum absolute atomic E-state index is 0.131. The van der Waals surface area contributed by atoms with Crippen LogP contribution in [0.3, 0.4) is 0 Å². The number of piperidine rings is 1. The maximum absolute atomic E-state index is 13.1. The number of benzene rings is 2. The van der Waals surface area contributed by atoms with Gasteiger partial charge < -0.3 is 24.3 Å². The molecule has 8 nitrogen and oxygen atoms in total. The first-order chi connectivity index (χ1) is 18.0. The topological polar surface area (TPSA) is 85.7 Å². The highest BCUT2D eigenvalue weighted by Crippen LogP contribution is 2.27. The Bertz CT molecular complexity index is 1210. The number of nitrogens with one attached hydrogen (secondary N) is 1. The molecule has 1 aliphatic rings. The number of amides is 2. The quantitative estimate of drug-likeness (QED) is 0.388. The molecule has 4 rings (SSSR count). The molecule has 0 spiro atoms. The van der Waals surface area contributed by atoms with E-state index in [2.05, 4.69) is 16.8 Å². The molecule has 0 atom stereocenters. The number of carbonyl (C=O) groups excluding carboxylic acids is 2. The van der Waals surface area contributed by atoms with Gasteiger partial charge in [-0.15, -0.1) is 0 Å². The van der Waals surface area contributed by atoms with Crippen molar-refractivity contribution in [3.05, 3.63) is 53.9 Å². The van der Waals surface area contributed by atoms with E-state index in [-0.39, 0.29) is 11.8 Å². The largest absolute Gasteiger partial charge is 0.493 e. The molecule has 0 saturated carbocycles. The number of ether oxygens (including phenoxy) is 2. The van der Waals surface area contributed by atoms with E-state index in [1.165, 1.54) is 0 Å². The number of hydrogen-bond donors (Lipinski definition) is 1. The van der Waals surface area contributed by atoms with Crippen LogP contribution in [0.1, 0.15) is 55.2 Å². The van der Waals surface area contributed by atoms with Crippen LogP contribution in [-0.4, -0.2) is 60.1 Å². The van der Waals surface area contributed by atoms with Crippen molar-refractivity contribution in [2.45, 2.75) is 52.0 Å². The summed E-state index contributed by atoms with van der Waals surface area (Å²) in [7, 11) is 3.12. The van der Waals surface area contributed by atoms with Gasteiger partial charge in [0.1, 0.15) is 12.4 Å². The van der Waals surface area contributed by atoms with Crippen LogP contribution in [0.5, 0.6) is 11.5 Å². The molecule has 1 N–H and O–H groups in total. The molecular weight excluding hydrogens is 468 g/mol. The normalized spacial score (nSPS) is 14.1. The fourth-order valence-corrected chi connectivity index (χ4v) is 4.85. The fourth-order valence-electron chi connectivity index (χ4n) is 4.85. The number of nitrogens with zero attached hydrogens (tertiary/aromatic N) is 3. The van der Waals surface area contributed by atoms with Crippen molar-refractivity contribution < 1.29 is 19.1 Å². The van der Waals surface area contributed by atoms with Gasteiger partial charge in [0, 0.05) is 31.6 Å². The summed E-state index contributed by atoms with van der Waals surface area (Å²) in [5.74, 6) is 2.82. The van der Waals surface area contributed by atoms with Gasteiger partial charge in [-0.3, -0.25) is 9.59 Å². The Morgan fingerprint density at radius 1 is 1.00 bits per heavy atom. The summed E-state index contributed by atoms with van der Waals surface area (Å²) in [6.45, 7) is 4.88. The van der Waals surface area contributed by atoms with Crippen molar-refractivity contribution in [1.82, 2.24) is 19.8 Å². The average Bonchev–Trinajstić information content (AvgIpc) is 3.27. The van der Waals surface area contributed by atoms with Crippen LogP contribution in [0, 0.1) is 5.92 Å². The SMILES string of the molecule is COc1ccc(C(=O)NCCCCCc2nc3ccccc3n2CC(=O)N2CCC(C)CC2)cc1OC. The van der Waals surface area contributed by atoms with E-state index in [0.29, 0.717) is 36.1 Å². The first kappa shape index (κ1) is 26.5. The van der Waals surface area contributed by atoms with Crippen molar-refractivity contribution in [3.63, 3.8) is 0 Å². The summed E-state index contributed by atoms with van der Waals surface area (Å²) in [4.78, 5) is 32.4. The highest BCUT2D eigenvalue weighted by molar-refractivity contribution is 5.94. The predicted octanol–water partition coefficient (Wildman–Crippen LogP) is 4.45. The monoisotopic (exact) mass is 506 g/mol. The Morgan fingerprint density at radius 3 is 2.51 bits per heavy atom. The van der Waals surface area contributed by atoms with E-state index in [0.717, 1.165) is 68.5 Å². The zero-order chi connectivity index (χ0) is 26.2. The van der Waals surface area contributed by atoms with Gasteiger partial charge >= 0.3 is 0 Å². The molecule has 3 aromatic rings. The molecule has 0 radical (unpaired) electrons. The van der Waals surface area contributed by atoms with Crippen molar-refractivity contribution in [3.8, 4) is 11.5 Å². The number of fused-ring (bicyclic) bond motifs is 1. The molecule has 0 unspecified atom stereocenters. The Labute approximate surface area is 219 Å². The van der Waals surface area contributed by atoms with Crippen LogP contribution in [0.25, 0.3) is 11.0 Å². The number of para-hydroxylation sites is 2. The van der Waals surface area contributed by atoms with Gasteiger partial charge in [-0.2, -0.15) is 0 Å². The minimum Gasteiger partial charge on any atom is -0.493 e. The van der Waals surface area contributed by atoms with Gasteiger partial charge in [0.05, 0.1) is 25.3 Å². The standard InChI is InChI=1S/C29H38N4O4/c1-21-14-17-32(18-15-21)28(34)20-33-24-10-7-6-9-23(24)31-27(33)11-5-4-8-16-30-29(35)22-12-13-25(36-2)26(19-22)37-3/h6-7,9-10,12-13,19,21H,4-5,8,11,14-18,20H2,1-3H3,(H,30,35). The number of methoxy groups -OCH3 is 2. The Morgan fingerprint density at radius 2 is 1.76 bits per heavy atom. The number of aromatic nitrogens is 2. The van der Waals surface area contributed by atoms with Crippen LogP contribution in [-0.2, 0) is 17.8 Å². The molecule has 2 aromatic carbocycles. The molecule has 1 fully saturated rings. The third kappa shape index (κ3) is 6.61. The number of imidazole rings is 1. The molecule has 1 saturated heterocycles. The molecule has 2 heterocycles. The van der Waals surface area contributed by atoms with Crippen LogP contribution in [0.2, 0.25) is 0 Å². The number of unbranched alkanes of at least 4 members (excludes halogenated alkanes) is 2. The first-order valence-corrected chi connectivity index (χ1v) is 13.2. The molecular formula is C29H38N4O4. The lowest BCUT2D eigenvalue weighted by Crippen LogP contribution is -2.39. The molecule has 1 aromatic heterocycles. The maximum Gasteiger partial charge on any atom is 0.251 e. The number of rotatable bonds is 11. The van der Waals surface area contributed by atoms with E-state index < -0.39 is 0 Å². The minimum atomic E-state index is -0.131. The summed E-state index contributed by atoms with van der Waals surface area (Å²) in [5, 5.41) is 2.98. The summed E-state index contributed by atoms with van der Waals surface area (Å²) in [6, 6.07) is 13.2. The average molecular weight is 507 g/mol. The lowest BCUT2D eigenvalue weighted by Gasteiger charge is -2.30. The molecule has 8 heteroatoms. The number of aryl methyl sites for hydroxylation is 1. The van der Waals surface area contributed by atoms with Gasteiger partial charge in [0.15, 0.2) is 11.5 Å². The van der Waals surface area contributed by atoms with Crippen LogP contribution in [0.15, 0.2) is 42.5 Å². The molecule has 1 aliphatic heterocycles. The van der Waals surface area contributed by atoms with Gasteiger partial charge in [-0.25, -0.2) is 4.98 Å². The van der Waals surface area contributed by atoms with Gasteiger partial charge in [0.2, 0.25) is 5.91 Å². The highest BCUT2D eigenvalue weighted by Gasteiger charge is 2.22. The van der Waals surface area contributed by atoms with Crippen molar-refractivity contribution >= 4 is 22.8 Å². The number of carbonyl (C=O) groups is 2. The van der Waals surface area contributed by atoms with Crippen molar-refractivity contribution in [2.24, 2.45) is 5.92 Å². The molecule has 0 bridgehead atoms. The number of likely N-dealkylation sites (tertiary alicyclic amines) is 1. The van der Waals surface area contributed by atoms with E-state index in [1.54, 1.807) is 32.4 Å². The molecule has 198 valence electrons. The van der Waals surface area contributed by atoms with E-state index >= 15 is 0 Å². The number of hydrogen-bond acceptors (Lipinski definition) is 5. The second kappa shape index (κ2) is 12.6. The summed E-state index contributed by atoms with van der Waals surface area (Å²) < 4.78 is 12.6. The zero-order valence-electron chi connectivity index (χ0n) is 22.2. The van der Waals surface area contributed by atoms with Crippen LogP contribution in [0.4, 0.5) is 0 Å². The van der Waals surface area contributed by atoms with E-state index in [1.807, 2.05) is 29.2 Å². The van der Waals surface area contributed by atoms with Gasteiger partial charge in [-0.1, -0.05) is 25.5 Å². The molecule has 2 amide bonds. The summed E-state index contributed by atoms with van der Waals surface area (Å²) in [6.07, 6.45) is 5.70.